The van der Waals surface area contributed by atoms with Gasteiger partial charge >= 0.3 is 5.97 Å². The largest absolute Gasteiger partial charge is 0.478 e. The lowest BCUT2D eigenvalue weighted by Crippen LogP contribution is -2.28. The van der Waals surface area contributed by atoms with E-state index in [4.69, 9.17) is 14.6 Å². The number of rotatable bonds is 3. The maximum absolute atomic E-state index is 10.6. The predicted octanol–water partition coefficient (Wildman–Crippen LogP) is 1.34. The molecule has 1 aliphatic rings. The molecule has 2 rings (SSSR count). The highest BCUT2D eigenvalue weighted by molar-refractivity contribution is 5.87. The molecule has 86 valence electrons. The lowest BCUT2D eigenvalue weighted by molar-refractivity contribution is 0.00548. The van der Waals surface area contributed by atoms with Gasteiger partial charge in [-0.2, -0.15) is 0 Å². The lowest BCUT2D eigenvalue weighted by atomic mass is 10.2. The van der Waals surface area contributed by atoms with Crippen molar-refractivity contribution in [2.75, 3.05) is 13.2 Å². The van der Waals surface area contributed by atoms with E-state index in [0.717, 1.165) is 19.4 Å². The molecule has 1 saturated heterocycles. The Hall–Kier alpha value is -1.62. The van der Waals surface area contributed by atoms with Crippen LogP contribution in [-0.4, -0.2) is 35.4 Å². The minimum Gasteiger partial charge on any atom is -0.478 e. The van der Waals surface area contributed by atoms with Crippen molar-refractivity contribution in [3.05, 3.63) is 23.9 Å². The highest BCUT2D eigenvalue weighted by Crippen LogP contribution is 2.15. The Labute approximate surface area is 93.0 Å². The maximum Gasteiger partial charge on any atom is 0.337 e. The molecule has 16 heavy (non-hydrogen) atoms. The van der Waals surface area contributed by atoms with Crippen LogP contribution in [0.3, 0.4) is 0 Å². The molecule has 1 aromatic rings. The molecular weight excluding hydrogens is 210 g/mol. The predicted molar refractivity (Wildman–Crippen MR) is 55.7 cm³/mol. The molecule has 5 heteroatoms. The molecular formula is C11H13NO4. The summed E-state index contributed by atoms with van der Waals surface area (Å²) in [5, 5.41) is 8.70. The fraction of sp³-hybridized carbons (Fsp3) is 0.455. The van der Waals surface area contributed by atoms with Crippen LogP contribution in [-0.2, 0) is 4.74 Å². The van der Waals surface area contributed by atoms with Crippen LogP contribution in [0.2, 0.25) is 0 Å². The van der Waals surface area contributed by atoms with Crippen molar-refractivity contribution in [3.8, 4) is 5.88 Å². The molecule has 0 radical (unpaired) electrons. The SMILES string of the molecule is O=C(O)c1ccc(OC2CCCOC2)nc1. The molecule has 1 aliphatic heterocycles. The maximum atomic E-state index is 10.6. The van der Waals surface area contributed by atoms with Crippen LogP contribution in [0.15, 0.2) is 18.3 Å². The minimum absolute atomic E-state index is 0.0249. The number of carbonyl (C=O) groups is 1. The van der Waals surface area contributed by atoms with E-state index in [1.54, 1.807) is 6.07 Å². The van der Waals surface area contributed by atoms with Gasteiger partial charge in [0.15, 0.2) is 0 Å². The van der Waals surface area contributed by atoms with Gasteiger partial charge in [0.25, 0.3) is 0 Å². The molecule has 1 unspecified atom stereocenters. The summed E-state index contributed by atoms with van der Waals surface area (Å²) in [4.78, 5) is 14.5. The van der Waals surface area contributed by atoms with Gasteiger partial charge in [-0.25, -0.2) is 9.78 Å². The van der Waals surface area contributed by atoms with Crippen molar-refractivity contribution >= 4 is 5.97 Å². The summed E-state index contributed by atoms with van der Waals surface area (Å²) in [6, 6.07) is 3.05. The summed E-state index contributed by atoms with van der Waals surface area (Å²) in [6.45, 7) is 1.35. The Morgan fingerprint density at radius 1 is 1.56 bits per heavy atom. The highest BCUT2D eigenvalue weighted by Gasteiger charge is 2.15. The smallest absolute Gasteiger partial charge is 0.337 e. The van der Waals surface area contributed by atoms with Crippen molar-refractivity contribution in [1.82, 2.24) is 4.98 Å². The number of aromatic carboxylic acids is 1. The molecule has 2 heterocycles. The normalized spacial score (nSPS) is 20.4. The van der Waals surface area contributed by atoms with Crippen LogP contribution < -0.4 is 4.74 Å². The van der Waals surface area contributed by atoms with Crippen LogP contribution in [0.25, 0.3) is 0 Å². The van der Waals surface area contributed by atoms with E-state index in [0.29, 0.717) is 12.5 Å². The van der Waals surface area contributed by atoms with E-state index in [2.05, 4.69) is 4.98 Å². The summed E-state index contributed by atoms with van der Waals surface area (Å²) in [6.07, 6.45) is 3.25. The van der Waals surface area contributed by atoms with Crippen molar-refractivity contribution in [1.29, 1.82) is 0 Å². The topological polar surface area (TPSA) is 68.7 Å². The van der Waals surface area contributed by atoms with Gasteiger partial charge in [0, 0.05) is 18.9 Å². The number of nitrogens with zero attached hydrogens (tertiary/aromatic N) is 1. The van der Waals surface area contributed by atoms with Crippen LogP contribution in [0, 0.1) is 0 Å². The summed E-state index contributed by atoms with van der Waals surface area (Å²) < 4.78 is 10.8. The average molecular weight is 223 g/mol. The Morgan fingerprint density at radius 2 is 2.44 bits per heavy atom. The number of hydrogen-bond acceptors (Lipinski definition) is 4. The number of ether oxygens (including phenoxy) is 2. The fourth-order valence-electron chi connectivity index (χ4n) is 1.55. The zero-order chi connectivity index (χ0) is 11.4. The van der Waals surface area contributed by atoms with Crippen LogP contribution in [0.1, 0.15) is 23.2 Å². The molecule has 0 saturated carbocycles. The number of carboxylic acids is 1. The second-order valence-electron chi connectivity index (χ2n) is 3.65. The zero-order valence-corrected chi connectivity index (χ0v) is 8.76. The average Bonchev–Trinajstić information content (AvgIpc) is 2.31. The van der Waals surface area contributed by atoms with Gasteiger partial charge < -0.3 is 14.6 Å². The summed E-state index contributed by atoms with van der Waals surface area (Å²) in [5.74, 6) is -0.541. The third-order valence-corrected chi connectivity index (χ3v) is 2.39. The van der Waals surface area contributed by atoms with E-state index in [1.807, 2.05) is 0 Å². The molecule has 1 atom stereocenters. The van der Waals surface area contributed by atoms with E-state index in [9.17, 15) is 4.79 Å². The Bertz CT molecular complexity index is 357. The summed E-state index contributed by atoms with van der Waals surface area (Å²) in [5.41, 5.74) is 0.159. The number of hydrogen-bond donors (Lipinski definition) is 1. The second kappa shape index (κ2) is 4.94. The van der Waals surface area contributed by atoms with Gasteiger partial charge in [0.05, 0.1) is 12.2 Å². The third kappa shape index (κ3) is 2.70. The molecule has 1 N–H and O–H groups in total. The van der Waals surface area contributed by atoms with Crippen molar-refractivity contribution in [3.63, 3.8) is 0 Å². The second-order valence-corrected chi connectivity index (χ2v) is 3.65. The van der Waals surface area contributed by atoms with Gasteiger partial charge in [-0.1, -0.05) is 0 Å². The van der Waals surface area contributed by atoms with Crippen LogP contribution in [0.5, 0.6) is 5.88 Å². The van der Waals surface area contributed by atoms with Gasteiger partial charge in [-0.3, -0.25) is 0 Å². The third-order valence-electron chi connectivity index (χ3n) is 2.39. The molecule has 0 amide bonds. The first-order valence-electron chi connectivity index (χ1n) is 5.19. The summed E-state index contributed by atoms with van der Waals surface area (Å²) in [7, 11) is 0. The first-order valence-corrected chi connectivity index (χ1v) is 5.19. The summed E-state index contributed by atoms with van der Waals surface area (Å²) >= 11 is 0. The van der Waals surface area contributed by atoms with Crippen molar-refractivity contribution in [2.45, 2.75) is 18.9 Å². The van der Waals surface area contributed by atoms with Gasteiger partial charge in [-0.05, 0) is 18.9 Å². The van der Waals surface area contributed by atoms with E-state index in [-0.39, 0.29) is 11.7 Å². The molecule has 0 aromatic carbocycles. The van der Waals surface area contributed by atoms with E-state index >= 15 is 0 Å². The molecule has 0 bridgehead atoms. The molecule has 5 nitrogen and oxygen atoms in total. The van der Waals surface area contributed by atoms with Crippen molar-refractivity contribution < 1.29 is 19.4 Å². The minimum atomic E-state index is -0.986. The molecule has 1 aromatic heterocycles. The van der Waals surface area contributed by atoms with Crippen LogP contribution in [0.4, 0.5) is 0 Å². The van der Waals surface area contributed by atoms with E-state index < -0.39 is 5.97 Å². The standard InChI is InChI=1S/C11H13NO4/c13-11(14)8-3-4-10(12-6-8)16-9-2-1-5-15-7-9/h3-4,6,9H,1-2,5,7H2,(H,13,14). The highest BCUT2D eigenvalue weighted by atomic mass is 16.5. The molecule has 1 fully saturated rings. The number of carboxylic acid groups (broad SMARTS) is 1. The van der Waals surface area contributed by atoms with Crippen LogP contribution >= 0.6 is 0 Å². The molecule has 0 spiro atoms. The zero-order valence-electron chi connectivity index (χ0n) is 8.76. The quantitative estimate of drug-likeness (QED) is 0.837. The number of pyridine rings is 1. The Balaban J connectivity index is 1.96. The fourth-order valence-corrected chi connectivity index (χ4v) is 1.55. The number of aromatic nitrogens is 1. The van der Waals surface area contributed by atoms with Gasteiger partial charge in [-0.15, -0.1) is 0 Å². The van der Waals surface area contributed by atoms with Crippen molar-refractivity contribution in [2.24, 2.45) is 0 Å². The Kier molecular flexibility index (Phi) is 3.36. The lowest BCUT2D eigenvalue weighted by Gasteiger charge is -2.22. The monoisotopic (exact) mass is 223 g/mol. The van der Waals surface area contributed by atoms with Gasteiger partial charge in [0.2, 0.25) is 5.88 Å². The van der Waals surface area contributed by atoms with E-state index in [1.165, 1.54) is 12.3 Å². The first kappa shape index (κ1) is 10.9. The molecule has 0 aliphatic carbocycles. The van der Waals surface area contributed by atoms with Gasteiger partial charge in [0.1, 0.15) is 6.10 Å². The first-order chi connectivity index (χ1) is 7.75. The Morgan fingerprint density at radius 3 is 3.00 bits per heavy atom.